The number of nitrogens with one attached hydrogen (secondary N) is 1. The highest BCUT2D eigenvalue weighted by molar-refractivity contribution is 6.62. The highest BCUT2D eigenvalue weighted by atomic mass is 16.7. The van der Waals surface area contributed by atoms with Crippen molar-refractivity contribution in [3.05, 3.63) is 47.2 Å². The molecule has 2 atom stereocenters. The van der Waals surface area contributed by atoms with Crippen LogP contribution < -0.4 is 10.8 Å². The van der Waals surface area contributed by atoms with Gasteiger partial charge in [0.15, 0.2) is 11.6 Å². The topological polar surface area (TPSA) is 114 Å². The Balaban J connectivity index is 1.76. The van der Waals surface area contributed by atoms with Crippen molar-refractivity contribution in [1.29, 1.82) is 0 Å². The Morgan fingerprint density at radius 1 is 1.05 bits per heavy atom. The fraction of sp³-hybridized carbons (Fsp3) is 0.621. The maximum atomic E-state index is 13.3. The van der Waals surface area contributed by atoms with Gasteiger partial charge in [-0.05, 0) is 56.1 Å². The van der Waals surface area contributed by atoms with Crippen LogP contribution in [0.5, 0.6) is 0 Å². The zero-order chi connectivity index (χ0) is 29.1. The number of benzene rings is 1. The summed E-state index contributed by atoms with van der Waals surface area (Å²) >= 11 is 0. The van der Waals surface area contributed by atoms with Gasteiger partial charge in [-0.15, -0.1) is 0 Å². The largest absolute Gasteiger partial charge is 0.494 e. The van der Waals surface area contributed by atoms with E-state index < -0.39 is 41.9 Å². The molecule has 0 spiro atoms. The van der Waals surface area contributed by atoms with Crippen molar-refractivity contribution in [3.63, 3.8) is 0 Å². The van der Waals surface area contributed by atoms with Crippen LogP contribution in [0.3, 0.4) is 0 Å². The van der Waals surface area contributed by atoms with E-state index in [9.17, 15) is 14.7 Å². The van der Waals surface area contributed by atoms with Gasteiger partial charge < -0.3 is 29.0 Å². The quantitative estimate of drug-likeness (QED) is 0.515. The van der Waals surface area contributed by atoms with E-state index in [-0.39, 0.29) is 23.6 Å². The maximum absolute atomic E-state index is 13.3. The third kappa shape index (κ3) is 5.59. The molecule has 2 aromatic rings. The van der Waals surface area contributed by atoms with Crippen LogP contribution >= 0.6 is 0 Å². The van der Waals surface area contributed by atoms with E-state index in [2.05, 4.69) is 10.3 Å². The fourth-order valence-electron chi connectivity index (χ4n) is 5.24. The molecule has 0 bridgehead atoms. The minimum Gasteiger partial charge on any atom is -0.465 e. The third-order valence-corrected chi connectivity index (χ3v) is 8.03. The lowest BCUT2D eigenvalue weighted by Crippen LogP contribution is -2.41. The van der Waals surface area contributed by atoms with Gasteiger partial charge in [0.2, 0.25) is 0 Å². The lowest BCUT2D eigenvalue weighted by molar-refractivity contribution is 0.00578. The molecule has 212 valence electrons. The van der Waals surface area contributed by atoms with E-state index in [1.807, 2.05) is 87.4 Å². The zero-order valence-corrected chi connectivity index (χ0v) is 24.8. The van der Waals surface area contributed by atoms with E-state index in [0.29, 0.717) is 12.3 Å². The average molecular weight is 539 g/mol. The Hall–Kier alpha value is -2.85. The van der Waals surface area contributed by atoms with Crippen molar-refractivity contribution < 1.29 is 28.4 Å². The molecule has 0 saturated carbocycles. The van der Waals surface area contributed by atoms with Crippen LogP contribution in [0.25, 0.3) is 0 Å². The number of hydrogen-bond donors (Lipinski definition) is 2. The van der Waals surface area contributed by atoms with E-state index in [1.165, 1.54) is 11.2 Å². The molecular formula is C29H42BN3O6. The zero-order valence-electron chi connectivity index (χ0n) is 24.8. The van der Waals surface area contributed by atoms with Gasteiger partial charge >= 0.3 is 13.2 Å². The van der Waals surface area contributed by atoms with Crippen LogP contribution in [0, 0.1) is 5.41 Å². The van der Waals surface area contributed by atoms with Crippen molar-refractivity contribution in [2.75, 3.05) is 6.54 Å². The maximum Gasteiger partial charge on any atom is 0.494 e. The molecule has 2 amide bonds. The summed E-state index contributed by atoms with van der Waals surface area (Å²) in [6, 6.07) is 5.03. The monoisotopic (exact) mass is 539 g/mol. The van der Waals surface area contributed by atoms with Crippen LogP contribution in [0.1, 0.15) is 115 Å². The third-order valence-electron chi connectivity index (χ3n) is 8.03. The minimum atomic E-state index is -1.000. The molecule has 1 unspecified atom stereocenters. The summed E-state index contributed by atoms with van der Waals surface area (Å²) in [5.74, 6) is 0.113. The predicted molar refractivity (Wildman–Crippen MR) is 149 cm³/mol. The minimum absolute atomic E-state index is 0.196. The molecule has 1 saturated heterocycles. The highest BCUT2D eigenvalue weighted by Gasteiger charge is 2.52. The average Bonchev–Trinajstić information content (AvgIpc) is 3.32. The van der Waals surface area contributed by atoms with Crippen molar-refractivity contribution in [1.82, 2.24) is 15.2 Å². The van der Waals surface area contributed by atoms with Crippen molar-refractivity contribution >= 4 is 24.6 Å². The van der Waals surface area contributed by atoms with Gasteiger partial charge in [-0.1, -0.05) is 59.7 Å². The Labute approximate surface area is 231 Å². The second-order valence-electron chi connectivity index (χ2n) is 13.8. The van der Waals surface area contributed by atoms with Crippen LogP contribution in [-0.2, 0) is 14.7 Å². The van der Waals surface area contributed by atoms with Gasteiger partial charge in [-0.2, -0.15) is 0 Å². The van der Waals surface area contributed by atoms with Crippen LogP contribution in [-0.4, -0.2) is 51.9 Å². The van der Waals surface area contributed by atoms with E-state index in [0.717, 1.165) is 16.6 Å². The summed E-state index contributed by atoms with van der Waals surface area (Å²) in [7, 11) is -0.596. The first-order chi connectivity index (χ1) is 17.8. The number of carbonyl (C=O) groups is 2. The second-order valence-corrected chi connectivity index (χ2v) is 13.8. The Bertz CT molecular complexity index is 1240. The molecule has 3 heterocycles. The van der Waals surface area contributed by atoms with Gasteiger partial charge in [0, 0.05) is 12.0 Å². The molecule has 4 rings (SSSR count). The van der Waals surface area contributed by atoms with Crippen molar-refractivity contribution in [2.45, 2.75) is 104 Å². The molecule has 9 nitrogen and oxygen atoms in total. The smallest absolute Gasteiger partial charge is 0.465 e. The Morgan fingerprint density at radius 3 is 2.18 bits per heavy atom. The molecular weight excluding hydrogens is 497 g/mol. The number of oxazole rings is 1. The van der Waals surface area contributed by atoms with E-state index in [4.69, 9.17) is 13.7 Å². The number of fused-ring (bicyclic) bond motifs is 1. The van der Waals surface area contributed by atoms with Crippen LogP contribution in [0.2, 0.25) is 0 Å². The molecule has 0 aliphatic carbocycles. The standard InChI is InChI=1S/C29H42BN3O6/c1-26(2,3)22-19-15-17(30-38-28(7,8)29(9,10)39-30)11-12-18(19)20(13-14-33(22)25(35)36)31-23(34)21-16-37-24(32-21)27(4,5)6/h11-12,15-16,20,22H,13-14H2,1-10H3,(H,31,34)(H,35,36)/t20-,22?/m1/s1. The summed E-state index contributed by atoms with van der Waals surface area (Å²) in [5, 5.41) is 13.3. The second kappa shape index (κ2) is 9.66. The molecule has 0 radical (unpaired) electrons. The van der Waals surface area contributed by atoms with Gasteiger partial charge in [-0.25, -0.2) is 9.78 Å². The molecule has 1 aromatic carbocycles. The number of rotatable bonds is 3. The van der Waals surface area contributed by atoms with Crippen LogP contribution in [0.15, 0.2) is 28.9 Å². The lowest BCUT2D eigenvalue weighted by atomic mass is 9.73. The van der Waals surface area contributed by atoms with Gasteiger partial charge in [0.1, 0.15) is 6.26 Å². The number of hydrogen-bond acceptors (Lipinski definition) is 6. The van der Waals surface area contributed by atoms with Gasteiger partial charge in [0.05, 0.1) is 23.3 Å². The Morgan fingerprint density at radius 2 is 1.67 bits per heavy atom. The SMILES string of the molecule is CC(C)(C)c1nc(C(=O)N[C@@H]2CCN(C(=O)O)C(C(C)(C)C)c3cc(B4OC(C)(C)C(C)(C)O4)ccc32)co1. The number of aromatic nitrogens is 1. The molecule has 1 aromatic heterocycles. The summed E-state index contributed by atoms with van der Waals surface area (Å²) in [5.41, 5.74) is 0.921. The number of carboxylic acid groups (broad SMARTS) is 1. The van der Waals surface area contributed by atoms with Gasteiger partial charge in [-0.3, -0.25) is 4.79 Å². The first-order valence-corrected chi connectivity index (χ1v) is 13.6. The van der Waals surface area contributed by atoms with E-state index in [1.54, 1.807) is 0 Å². The normalized spacial score (nSPS) is 22.8. The first-order valence-electron chi connectivity index (χ1n) is 13.6. The molecule has 1 fully saturated rings. The van der Waals surface area contributed by atoms with Gasteiger partial charge in [0.25, 0.3) is 5.91 Å². The molecule has 39 heavy (non-hydrogen) atoms. The molecule has 2 aliphatic heterocycles. The van der Waals surface area contributed by atoms with Crippen molar-refractivity contribution in [2.24, 2.45) is 5.41 Å². The highest BCUT2D eigenvalue weighted by Crippen LogP contribution is 2.44. The summed E-state index contributed by atoms with van der Waals surface area (Å²) < 4.78 is 18.2. The molecule has 2 N–H and O–H groups in total. The lowest BCUT2D eigenvalue weighted by Gasteiger charge is -2.38. The molecule has 2 aliphatic rings. The Kier molecular flexibility index (Phi) is 7.22. The first kappa shape index (κ1) is 29.1. The number of nitrogens with zero attached hydrogens (tertiary/aromatic N) is 2. The van der Waals surface area contributed by atoms with E-state index >= 15 is 0 Å². The van der Waals surface area contributed by atoms with Crippen molar-refractivity contribution in [3.8, 4) is 0 Å². The number of amides is 2. The predicted octanol–water partition coefficient (Wildman–Crippen LogP) is 5.21. The van der Waals surface area contributed by atoms with Crippen LogP contribution in [0.4, 0.5) is 4.79 Å². The summed E-state index contributed by atoms with van der Waals surface area (Å²) in [6.45, 7) is 20.2. The fourth-order valence-corrected chi connectivity index (χ4v) is 5.24. The summed E-state index contributed by atoms with van der Waals surface area (Å²) in [6.07, 6.45) is 0.786. The number of carbonyl (C=O) groups excluding carboxylic acids is 1. The molecule has 10 heteroatoms. The summed E-state index contributed by atoms with van der Waals surface area (Å²) in [4.78, 5) is 31.7.